The summed E-state index contributed by atoms with van der Waals surface area (Å²) in [5.74, 6) is -1.18. The molecule has 0 saturated heterocycles. The van der Waals surface area contributed by atoms with Gasteiger partial charge in [0.05, 0.1) is 4.88 Å². The fourth-order valence-electron chi connectivity index (χ4n) is 1.73. The van der Waals surface area contributed by atoms with Gasteiger partial charge in [-0.25, -0.2) is 9.78 Å². The minimum Gasteiger partial charge on any atom is -0.477 e. The van der Waals surface area contributed by atoms with Gasteiger partial charge < -0.3 is 10.4 Å². The minimum absolute atomic E-state index is 0.00778. The smallest absolute Gasteiger partial charge is 0.354 e. The van der Waals surface area contributed by atoms with Crippen LogP contribution in [0, 0.1) is 0 Å². The fraction of sp³-hybridized carbons (Fsp3) is 0.214. The number of carbonyl (C=O) groups excluding carboxylic acids is 1. The number of aromatic nitrogens is 1. The topological polar surface area (TPSA) is 79.3 Å². The predicted octanol–water partition coefficient (Wildman–Crippen LogP) is 2.33. The summed E-state index contributed by atoms with van der Waals surface area (Å²) < 4.78 is 0. The van der Waals surface area contributed by atoms with Crippen molar-refractivity contribution < 1.29 is 14.7 Å². The van der Waals surface area contributed by atoms with Crippen LogP contribution >= 0.6 is 11.3 Å². The quantitative estimate of drug-likeness (QED) is 0.885. The lowest BCUT2D eigenvalue weighted by Crippen LogP contribution is -2.22. The van der Waals surface area contributed by atoms with Gasteiger partial charge in [-0.05, 0) is 35.1 Å². The summed E-state index contributed by atoms with van der Waals surface area (Å²) >= 11 is 1.42. The molecule has 2 rings (SSSR count). The second-order valence-electron chi connectivity index (χ2n) is 4.17. The number of rotatable bonds is 5. The number of aromatic carboxylic acids is 1. The zero-order chi connectivity index (χ0) is 14.5. The van der Waals surface area contributed by atoms with Crippen molar-refractivity contribution in [2.45, 2.75) is 19.9 Å². The molecule has 0 aromatic carbocycles. The lowest BCUT2D eigenvalue weighted by atomic mass is 10.2. The Kier molecular flexibility index (Phi) is 4.47. The largest absolute Gasteiger partial charge is 0.477 e. The monoisotopic (exact) mass is 290 g/mol. The summed E-state index contributed by atoms with van der Waals surface area (Å²) in [5, 5.41) is 13.5. The van der Waals surface area contributed by atoms with E-state index in [0.717, 1.165) is 22.4 Å². The number of carboxylic acid groups (broad SMARTS) is 1. The molecule has 20 heavy (non-hydrogen) atoms. The Labute approximate surface area is 120 Å². The Morgan fingerprint density at radius 1 is 1.35 bits per heavy atom. The molecule has 2 aromatic rings. The number of aryl methyl sites for hydroxylation is 1. The highest BCUT2D eigenvalue weighted by atomic mass is 32.1. The van der Waals surface area contributed by atoms with Crippen molar-refractivity contribution in [2.24, 2.45) is 0 Å². The molecular formula is C14H14N2O3S. The van der Waals surface area contributed by atoms with Gasteiger partial charge >= 0.3 is 5.97 Å². The Morgan fingerprint density at radius 2 is 2.15 bits per heavy atom. The van der Waals surface area contributed by atoms with Gasteiger partial charge in [0.2, 0.25) is 0 Å². The highest BCUT2D eigenvalue weighted by Crippen LogP contribution is 2.17. The first kappa shape index (κ1) is 14.2. The van der Waals surface area contributed by atoms with Crippen LogP contribution in [0.15, 0.2) is 29.8 Å². The van der Waals surface area contributed by atoms with E-state index in [2.05, 4.69) is 10.3 Å². The van der Waals surface area contributed by atoms with E-state index in [1.54, 1.807) is 6.07 Å². The number of hydrogen-bond donors (Lipinski definition) is 2. The second-order valence-corrected chi connectivity index (χ2v) is 5.08. The van der Waals surface area contributed by atoms with Crippen molar-refractivity contribution >= 4 is 23.2 Å². The molecule has 0 aliphatic rings. The number of pyridine rings is 1. The van der Waals surface area contributed by atoms with Crippen LogP contribution in [0.25, 0.3) is 0 Å². The number of hydrogen-bond acceptors (Lipinski definition) is 4. The average molecular weight is 290 g/mol. The van der Waals surface area contributed by atoms with E-state index in [1.165, 1.54) is 23.6 Å². The molecule has 104 valence electrons. The van der Waals surface area contributed by atoms with Crippen molar-refractivity contribution in [2.75, 3.05) is 0 Å². The average Bonchev–Trinajstić information content (AvgIpc) is 2.93. The molecular weight excluding hydrogens is 276 g/mol. The highest BCUT2D eigenvalue weighted by Gasteiger charge is 2.11. The maximum absolute atomic E-state index is 12.0. The third-order valence-corrected chi connectivity index (χ3v) is 3.79. The summed E-state index contributed by atoms with van der Waals surface area (Å²) in [6.07, 6.45) is 2.28. The molecule has 0 atom stereocenters. The van der Waals surface area contributed by atoms with Crippen molar-refractivity contribution in [1.29, 1.82) is 0 Å². The molecule has 0 saturated carbocycles. The summed E-state index contributed by atoms with van der Waals surface area (Å²) in [6, 6.07) is 5.01. The van der Waals surface area contributed by atoms with Crippen molar-refractivity contribution in [1.82, 2.24) is 10.3 Å². The number of carboxylic acids is 1. The third kappa shape index (κ3) is 3.21. The van der Waals surface area contributed by atoms with Crippen LogP contribution < -0.4 is 5.32 Å². The predicted molar refractivity (Wildman–Crippen MR) is 76.1 cm³/mol. The molecule has 0 bridgehead atoms. The van der Waals surface area contributed by atoms with E-state index in [1.807, 2.05) is 18.4 Å². The molecule has 0 aliphatic heterocycles. The van der Waals surface area contributed by atoms with Gasteiger partial charge in [0, 0.05) is 12.7 Å². The minimum atomic E-state index is -1.06. The molecule has 0 radical (unpaired) electrons. The summed E-state index contributed by atoms with van der Waals surface area (Å²) in [4.78, 5) is 27.2. The SMILES string of the molecule is CCc1ccsc1C(=O)NCc1ccc(C(=O)O)nc1. The van der Waals surface area contributed by atoms with E-state index >= 15 is 0 Å². The van der Waals surface area contributed by atoms with Crippen LogP contribution in [0.1, 0.15) is 38.2 Å². The number of amides is 1. The first-order chi connectivity index (χ1) is 9.61. The molecule has 0 fully saturated rings. The highest BCUT2D eigenvalue weighted by molar-refractivity contribution is 7.12. The first-order valence-electron chi connectivity index (χ1n) is 6.14. The molecule has 0 unspecified atom stereocenters. The van der Waals surface area contributed by atoms with E-state index in [9.17, 15) is 9.59 Å². The van der Waals surface area contributed by atoms with Gasteiger partial charge in [-0.2, -0.15) is 0 Å². The molecule has 2 aromatic heterocycles. The van der Waals surface area contributed by atoms with Crippen LogP contribution in [-0.2, 0) is 13.0 Å². The normalized spacial score (nSPS) is 10.2. The Balaban J connectivity index is 1.98. The van der Waals surface area contributed by atoms with Gasteiger partial charge in [-0.3, -0.25) is 4.79 Å². The maximum atomic E-state index is 12.0. The molecule has 0 spiro atoms. The number of thiophene rings is 1. The zero-order valence-corrected chi connectivity index (χ0v) is 11.7. The lowest BCUT2D eigenvalue weighted by Gasteiger charge is -2.05. The Bertz CT molecular complexity index is 620. The van der Waals surface area contributed by atoms with Gasteiger partial charge in [-0.1, -0.05) is 13.0 Å². The number of carbonyl (C=O) groups is 2. The first-order valence-corrected chi connectivity index (χ1v) is 7.02. The third-order valence-electron chi connectivity index (χ3n) is 2.83. The fourth-order valence-corrected chi connectivity index (χ4v) is 2.64. The van der Waals surface area contributed by atoms with Crippen LogP contribution in [0.2, 0.25) is 0 Å². The van der Waals surface area contributed by atoms with Gasteiger partial charge in [0.1, 0.15) is 5.69 Å². The van der Waals surface area contributed by atoms with Crippen LogP contribution in [0.4, 0.5) is 0 Å². The van der Waals surface area contributed by atoms with Crippen LogP contribution in [-0.4, -0.2) is 22.0 Å². The molecule has 0 aliphatic carbocycles. The van der Waals surface area contributed by atoms with E-state index in [-0.39, 0.29) is 11.6 Å². The van der Waals surface area contributed by atoms with E-state index < -0.39 is 5.97 Å². The molecule has 5 nitrogen and oxygen atoms in total. The van der Waals surface area contributed by atoms with Crippen molar-refractivity contribution in [3.05, 3.63) is 51.5 Å². The van der Waals surface area contributed by atoms with E-state index in [0.29, 0.717) is 6.54 Å². The summed E-state index contributed by atoms with van der Waals surface area (Å²) in [7, 11) is 0. The van der Waals surface area contributed by atoms with Crippen LogP contribution in [0.5, 0.6) is 0 Å². The number of nitrogens with zero attached hydrogens (tertiary/aromatic N) is 1. The van der Waals surface area contributed by atoms with Gasteiger partial charge in [-0.15, -0.1) is 11.3 Å². The zero-order valence-electron chi connectivity index (χ0n) is 10.9. The van der Waals surface area contributed by atoms with E-state index in [4.69, 9.17) is 5.11 Å². The molecule has 1 amide bonds. The van der Waals surface area contributed by atoms with Crippen LogP contribution in [0.3, 0.4) is 0 Å². The Morgan fingerprint density at radius 3 is 2.75 bits per heavy atom. The summed E-state index contributed by atoms with van der Waals surface area (Å²) in [5.41, 5.74) is 1.79. The second kappa shape index (κ2) is 6.29. The standard InChI is InChI=1S/C14H14N2O3S/c1-2-10-5-6-20-12(10)13(17)16-8-9-3-4-11(14(18)19)15-7-9/h3-7H,2,8H2,1H3,(H,16,17)(H,18,19). The number of nitrogens with one attached hydrogen (secondary N) is 1. The molecule has 2 heterocycles. The lowest BCUT2D eigenvalue weighted by molar-refractivity contribution is 0.0690. The molecule has 6 heteroatoms. The van der Waals surface area contributed by atoms with Crippen molar-refractivity contribution in [3.8, 4) is 0 Å². The summed E-state index contributed by atoms with van der Waals surface area (Å²) in [6.45, 7) is 2.33. The Hall–Kier alpha value is -2.21. The van der Waals surface area contributed by atoms with Gasteiger partial charge in [0.25, 0.3) is 5.91 Å². The van der Waals surface area contributed by atoms with Crippen molar-refractivity contribution in [3.63, 3.8) is 0 Å². The molecule has 2 N–H and O–H groups in total. The van der Waals surface area contributed by atoms with Gasteiger partial charge in [0.15, 0.2) is 0 Å². The maximum Gasteiger partial charge on any atom is 0.354 e.